The van der Waals surface area contributed by atoms with Gasteiger partial charge in [-0.25, -0.2) is 0 Å². The van der Waals surface area contributed by atoms with Crippen LogP contribution in [0.1, 0.15) is 31.9 Å². The van der Waals surface area contributed by atoms with Crippen molar-refractivity contribution in [2.75, 3.05) is 6.54 Å². The SMILES string of the molecule is CC1CCN(C(C)c2ccc(O)cc2)C1C(=O)O. The Morgan fingerprint density at radius 3 is 2.56 bits per heavy atom. The van der Waals surface area contributed by atoms with Gasteiger partial charge in [-0.3, -0.25) is 9.69 Å². The van der Waals surface area contributed by atoms with Gasteiger partial charge < -0.3 is 10.2 Å². The summed E-state index contributed by atoms with van der Waals surface area (Å²) < 4.78 is 0. The molecule has 0 aromatic heterocycles. The zero-order chi connectivity index (χ0) is 13.3. The Balaban J connectivity index is 2.20. The van der Waals surface area contributed by atoms with Gasteiger partial charge in [0.1, 0.15) is 11.8 Å². The smallest absolute Gasteiger partial charge is 0.321 e. The van der Waals surface area contributed by atoms with E-state index in [1.807, 2.05) is 30.9 Å². The molecule has 4 heteroatoms. The zero-order valence-corrected chi connectivity index (χ0v) is 10.7. The van der Waals surface area contributed by atoms with Gasteiger partial charge >= 0.3 is 5.97 Å². The minimum absolute atomic E-state index is 0.0525. The highest BCUT2D eigenvalue weighted by atomic mass is 16.4. The number of carboxylic acids is 1. The van der Waals surface area contributed by atoms with Gasteiger partial charge in [-0.2, -0.15) is 0 Å². The van der Waals surface area contributed by atoms with Crippen LogP contribution in [0.25, 0.3) is 0 Å². The van der Waals surface area contributed by atoms with E-state index in [0.29, 0.717) is 0 Å². The van der Waals surface area contributed by atoms with Crippen molar-refractivity contribution in [2.24, 2.45) is 5.92 Å². The van der Waals surface area contributed by atoms with Crippen LogP contribution in [0.5, 0.6) is 5.75 Å². The number of rotatable bonds is 3. The molecule has 98 valence electrons. The lowest BCUT2D eigenvalue weighted by molar-refractivity contribution is -0.144. The predicted molar refractivity (Wildman–Crippen MR) is 68.4 cm³/mol. The van der Waals surface area contributed by atoms with E-state index in [0.717, 1.165) is 18.5 Å². The van der Waals surface area contributed by atoms with Crippen LogP contribution >= 0.6 is 0 Å². The van der Waals surface area contributed by atoms with Crippen molar-refractivity contribution in [1.29, 1.82) is 0 Å². The molecule has 4 nitrogen and oxygen atoms in total. The van der Waals surface area contributed by atoms with E-state index in [2.05, 4.69) is 0 Å². The molecular weight excluding hydrogens is 230 g/mol. The van der Waals surface area contributed by atoms with Crippen LogP contribution in [0.4, 0.5) is 0 Å². The van der Waals surface area contributed by atoms with E-state index in [1.54, 1.807) is 12.1 Å². The van der Waals surface area contributed by atoms with Crippen LogP contribution in [0.15, 0.2) is 24.3 Å². The van der Waals surface area contributed by atoms with Crippen LogP contribution in [0, 0.1) is 5.92 Å². The van der Waals surface area contributed by atoms with Gasteiger partial charge in [0.05, 0.1) is 0 Å². The number of hydrogen-bond acceptors (Lipinski definition) is 3. The summed E-state index contributed by atoms with van der Waals surface area (Å²) in [5.41, 5.74) is 1.04. The molecule has 18 heavy (non-hydrogen) atoms. The first-order chi connectivity index (χ1) is 8.50. The topological polar surface area (TPSA) is 60.8 Å². The lowest BCUT2D eigenvalue weighted by Gasteiger charge is -2.29. The molecule has 0 amide bonds. The molecular formula is C14H19NO3. The summed E-state index contributed by atoms with van der Waals surface area (Å²) in [7, 11) is 0. The molecule has 3 unspecified atom stereocenters. The first kappa shape index (κ1) is 12.9. The van der Waals surface area contributed by atoms with Gasteiger partial charge in [0.25, 0.3) is 0 Å². The Kier molecular flexibility index (Phi) is 3.57. The fourth-order valence-electron chi connectivity index (χ4n) is 2.74. The highest BCUT2D eigenvalue weighted by Crippen LogP contribution is 2.33. The normalized spacial score (nSPS) is 26.1. The molecule has 0 saturated carbocycles. The van der Waals surface area contributed by atoms with Crippen LogP contribution in [-0.4, -0.2) is 33.7 Å². The van der Waals surface area contributed by atoms with E-state index in [1.165, 1.54) is 0 Å². The molecule has 0 radical (unpaired) electrons. The van der Waals surface area contributed by atoms with E-state index in [9.17, 15) is 15.0 Å². The van der Waals surface area contributed by atoms with Gasteiger partial charge in [-0.05, 0) is 43.5 Å². The monoisotopic (exact) mass is 249 g/mol. The fourth-order valence-corrected chi connectivity index (χ4v) is 2.74. The van der Waals surface area contributed by atoms with Crippen molar-refractivity contribution >= 4 is 5.97 Å². The van der Waals surface area contributed by atoms with Gasteiger partial charge in [0.2, 0.25) is 0 Å². The third-order valence-corrected chi connectivity index (χ3v) is 3.86. The van der Waals surface area contributed by atoms with Crippen molar-refractivity contribution in [2.45, 2.75) is 32.4 Å². The van der Waals surface area contributed by atoms with Crippen LogP contribution in [0.3, 0.4) is 0 Å². The zero-order valence-electron chi connectivity index (χ0n) is 10.7. The summed E-state index contributed by atoms with van der Waals surface area (Å²) in [4.78, 5) is 13.4. The largest absolute Gasteiger partial charge is 0.508 e. The summed E-state index contributed by atoms with van der Waals surface area (Å²) in [5, 5.41) is 18.6. The van der Waals surface area contributed by atoms with Gasteiger partial charge in [-0.1, -0.05) is 19.1 Å². The molecule has 3 atom stereocenters. The highest BCUT2D eigenvalue weighted by molar-refractivity contribution is 5.74. The summed E-state index contributed by atoms with van der Waals surface area (Å²) in [6, 6.07) is 6.62. The quantitative estimate of drug-likeness (QED) is 0.862. The van der Waals surface area contributed by atoms with Gasteiger partial charge in [0.15, 0.2) is 0 Å². The number of aliphatic carboxylic acids is 1. The Bertz CT molecular complexity index is 429. The lowest BCUT2D eigenvalue weighted by atomic mass is 10.0. The number of aromatic hydroxyl groups is 1. The summed E-state index contributed by atoms with van der Waals surface area (Å²) in [6.07, 6.45) is 0.916. The molecule has 2 N–H and O–H groups in total. The maximum absolute atomic E-state index is 11.3. The van der Waals surface area contributed by atoms with Crippen molar-refractivity contribution < 1.29 is 15.0 Å². The predicted octanol–water partition coefficient (Wildman–Crippen LogP) is 2.25. The lowest BCUT2D eigenvalue weighted by Crippen LogP contribution is -2.40. The van der Waals surface area contributed by atoms with E-state index in [-0.39, 0.29) is 17.7 Å². The second kappa shape index (κ2) is 4.98. The first-order valence-corrected chi connectivity index (χ1v) is 6.28. The third-order valence-electron chi connectivity index (χ3n) is 3.86. The van der Waals surface area contributed by atoms with Crippen LogP contribution in [0.2, 0.25) is 0 Å². The Labute approximate surface area is 107 Å². The molecule has 1 heterocycles. The van der Waals surface area contributed by atoms with Crippen LogP contribution < -0.4 is 0 Å². The average molecular weight is 249 g/mol. The fraction of sp³-hybridized carbons (Fsp3) is 0.500. The Hall–Kier alpha value is -1.55. The minimum atomic E-state index is -0.745. The molecule has 1 aliphatic heterocycles. The van der Waals surface area contributed by atoms with Crippen molar-refractivity contribution in [3.05, 3.63) is 29.8 Å². The van der Waals surface area contributed by atoms with Crippen molar-refractivity contribution in [3.63, 3.8) is 0 Å². The Morgan fingerprint density at radius 1 is 1.39 bits per heavy atom. The number of phenolic OH excluding ortho intramolecular Hbond substituents is 1. The molecule has 1 fully saturated rings. The maximum atomic E-state index is 11.3. The van der Waals surface area contributed by atoms with Gasteiger partial charge in [0, 0.05) is 6.04 Å². The van der Waals surface area contributed by atoms with E-state index >= 15 is 0 Å². The van der Waals surface area contributed by atoms with Crippen molar-refractivity contribution in [1.82, 2.24) is 4.90 Å². The average Bonchev–Trinajstić information content (AvgIpc) is 2.71. The highest BCUT2D eigenvalue weighted by Gasteiger charge is 2.39. The molecule has 1 aromatic carbocycles. The van der Waals surface area contributed by atoms with E-state index in [4.69, 9.17) is 0 Å². The van der Waals surface area contributed by atoms with Crippen molar-refractivity contribution in [3.8, 4) is 5.75 Å². The molecule has 1 aliphatic rings. The van der Waals surface area contributed by atoms with Crippen LogP contribution in [-0.2, 0) is 4.79 Å². The third kappa shape index (κ3) is 2.34. The summed E-state index contributed by atoms with van der Waals surface area (Å²) in [5.74, 6) is -0.330. The maximum Gasteiger partial charge on any atom is 0.321 e. The number of benzene rings is 1. The minimum Gasteiger partial charge on any atom is -0.508 e. The molecule has 2 rings (SSSR count). The molecule has 0 bridgehead atoms. The van der Waals surface area contributed by atoms with E-state index < -0.39 is 12.0 Å². The van der Waals surface area contributed by atoms with Gasteiger partial charge in [-0.15, -0.1) is 0 Å². The molecule has 0 aliphatic carbocycles. The number of nitrogens with zero attached hydrogens (tertiary/aromatic N) is 1. The number of likely N-dealkylation sites (tertiary alicyclic amines) is 1. The summed E-state index contributed by atoms with van der Waals surface area (Å²) >= 11 is 0. The number of hydrogen-bond donors (Lipinski definition) is 2. The first-order valence-electron chi connectivity index (χ1n) is 6.28. The molecule has 1 aromatic rings. The second-order valence-electron chi connectivity index (χ2n) is 5.05. The number of phenols is 1. The number of carbonyl (C=O) groups is 1. The standard InChI is InChI=1S/C14H19NO3/c1-9-7-8-15(13(9)14(17)18)10(2)11-3-5-12(16)6-4-11/h3-6,9-10,13,16H,7-8H2,1-2H3,(H,17,18). The second-order valence-corrected chi connectivity index (χ2v) is 5.05. The summed E-state index contributed by atoms with van der Waals surface area (Å²) in [6.45, 7) is 4.81. The molecule has 0 spiro atoms. The molecule has 1 saturated heterocycles. The Morgan fingerprint density at radius 2 is 2.00 bits per heavy atom. The number of carboxylic acid groups (broad SMARTS) is 1.